The van der Waals surface area contributed by atoms with E-state index >= 15 is 0 Å². The average molecular weight is 246 g/mol. The first kappa shape index (κ1) is 14.5. The molecule has 98 valence electrons. The van der Waals surface area contributed by atoms with Crippen molar-refractivity contribution < 1.29 is 4.79 Å². The van der Waals surface area contributed by atoms with Crippen molar-refractivity contribution in [3.05, 3.63) is 47.5 Å². The van der Waals surface area contributed by atoms with Crippen molar-refractivity contribution in [2.75, 3.05) is 20.1 Å². The van der Waals surface area contributed by atoms with Gasteiger partial charge >= 0.3 is 0 Å². The summed E-state index contributed by atoms with van der Waals surface area (Å²) in [7, 11) is 1.92. The highest BCUT2D eigenvalue weighted by Crippen LogP contribution is 2.09. The van der Waals surface area contributed by atoms with Crippen molar-refractivity contribution >= 4 is 5.91 Å². The predicted molar refractivity (Wildman–Crippen MR) is 75.8 cm³/mol. The molecule has 1 aromatic carbocycles. The van der Waals surface area contributed by atoms with Gasteiger partial charge in [-0.15, -0.1) is 0 Å². The van der Waals surface area contributed by atoms with Gasteiger partial charge in [-0.25, -0.2) is 0 Å². The number of likely N-dealkylation sites (N-methyl/N-ethyl adjacent to an activating group) is 1. The van der Waals surface area contributed by atoms with Gasteiger partial charge in [0.1, 0.15) is 0 Å². The molecule has 1 aromatic rings. The molecule has 3 heteroatoms. The van der Waals surface area contributed by atoms with E-state index in [1.165, 1.54) is 0 Å². The smallest absolute Gasteiger partial charge is 0.251 e. The maximum Gasteiger partial charge on any atom is 0.251 e. The molecule has 0 unspecified atom stereocenters. The van der Waals surface area contributed by atoms with Gasteiger partial charge in [0.2, 0.25) is 0 Å². The van der Waals surface area contributed by atoms with E-state index in [-0.39, 0.29) is 5.91 Å². The summed E-state index contributed by atoms with van der Waals surface area (Å²) in [5, 5.41) is 6.04. The average Bonchev–Trinajstić information content (AvgIpc) is 2.41. The second kappa shape index (κ2) is 8.48. The Hall–Kier alpha value is -1.61. The quantitative estimate of drug-likeness (QED) is 0.571. The fourth-order valence-corrected chi connectivity index (χ4v) is 1.75. The van der Waals surface area contributed by atoms with Crippen LogP contribution in [0.2, 0.25) is 0 Å². The lowest BCUT2D eigenvalue weighted by molar-refractivity contribution is 0.0953. The van der Waals surface area contributed by atoms with Crippen LogP contribution in [0, 0.1) is 0 Å². The van der Waals surface area contributed by atoms with E-state index in [0.717, 1.165) is 30.5 Å². The molecule has 1 amide bonds. The summed E-state index contributed by atoms with van der Waals surface area (Å²) in [4.78, 5) is 12.0. The molecule has 0 atom stereocenters. The molecular formula is C15H22N2O. The zero-order valence-corrected chi connectivity index (χ0v) is 11.2. The van der Waals surface area contributed by atoms with Crippen molar-refractivity contribution in [1.82, 2.24) is 10.6 Å². The number of carbonyl (C=O) groups is 1. The molecule has 18 heavy (non-hydrogen) atoms. The van der Waals surface area contributed by atoms with Crippen molar-refractivity contribution in [3.8, 4) is 0 Å². The van der Waals surface area contributed by atoms with E-state index in [9.17, 15) is 4.79 Å². The fourth-order valence-electron chi connectivity index (χ4n) is 1.75. The van der Waals surface area contributed by atoms with Crippen LogP contribution in [0.5, 0.6) is 0 Å². The van der Waals surface area contributed by atoms with Crippen LogP contribution in [-0.4, -0.2) is 26.0 Å². The third-order valence-corrected chi connectivity index (χ3v) is 2.74. The fraction of sp³-hybridized carbons (Fsp3) is 0.400. The Morgan fingerprint density at radius 2 is 2.06 bits per heavy atom. The number of carbonyl (C=O) groups excluding carboxylic acids is 1. The third kappa shape index (κ3) is 4.72. The SMILES string of the molecule is C/C=C/CCNC(=O)c1ccccc1CCNC. The molecule has 0 spiro atoms. The topological polar surface area (TPSA) is 41.1 Å². The molecule has 0 aliphatic carbocycles. The number of allylic oxidation sites excluding steroid dienone is 1. The zero-order chi connectivity index (χ0) is 13.2. The van der Waals surface area contributed by atoms with Gasteiger partial charge in [-0.2, -0.15) is 0 Å². The molecule has 0 radical (unpaired) electrons. The normalized spacial score (nSPS) is 10.8. The molecule has 0 aromatic heterocycles. The molecule has 0 saturated carbocycles. The number of rotatable bonds is 7. The summed E-state index contributed by atoms with van der Waals surface area (Å²) < 4.78 is 0. The summed E-state index contributed by atoms with van der Waals surface area (Å²) in [5.41, 5.74) is 1.88. The number of benzene rings is 1. The monoisotopic (exact) mass is 246 g/mol. The molecule has 0 saturated heterocycles. The molecule has 2 N–H and O–H groups in total. The van der Waals surface area contributed by atoms with Gasteiger partial charge in [0.25, 0.3) is 5.91 Å². The van der Waals surface area contributed by atoms with Crippen LogP contribution in [0.15, 0.2) is 36.4 Å². The van der Waals surface area contributed by atoms with Gasteiger partial charge in [0.15, 0.2) is 0 Å². The lowest BCUT2D eigenvalue weighted by Crippen LogP contribution is -2.25. The van der Waals surface area contributed by atoms with Crippen LogP contribution in [0.1, 0.15) is 29.3 Å². The van der Waals surface area contributed by atoms with Gasteiger partial charge in [-0.3, -0.25) is 4.79 Å². The number of amides is 1. The molecule has 0 aliphatic rings. The third-order valence-electron chi connectivity index (χ3n) is 2.74. The van der Waals surface area contributed by atoms with E-state index < -0.39 is 0 Å². The van der Waals surface area contributed by atoms with Gasteiger partial charge in [-0.05, 0) is 45.0 Å². The second-order valence-corrected chi connectivity index (χ2v) is 4.12. The maximum absolute atomic E-state index is 12.0. The first-order chi connectivity index (χ1) is 8.79. The summed E-state index contributed by atoms with van der Waals surface area (Å²) in [6.45, 7) is 3.54. The predicted octanol–water partition coefficient (Wildman–Crippen LogP) is 2.14. The molecule has 0 aliphatic heterocycles. The highest BCUT2D eigenvalue weighted by atomic mass is 16.1. The van der Waals surface area contributed by atoms with Gasteiger partial charge in [0.05, 0.1) is 0 Å². The number of hydrogen-bond acceptors (Lipinski definition) is 2. The highest BCUT2D eigenvalue weighted by molar-refractivity contribution is 5.95. The molecule has 3 nitrogen and oxygen atoms in total. The Morgan fingerprint density at radius 3 is 2.78 bits per heavy atom. The van der Waals surface area contributed by atoms with Crippen LogP contribution < -0.4 is 10.6 Å². The highest BCUT2D eigenvalue weighted by Gasteiger charge is 2.09. The van der Waals surface area contributed by atoms with Crippen molar-refractivity contribution in [1.29, 1.82) is 0 Å². The van der Waals surface area contributed by atoms with E-state index in [2.05, 4.69) is 10.6 Å². The number of nitrogens with one attached hydrogen (secondary N) is 2. The molecule has 0 fully saturated rings. The van der Waals surface area contributed by atoms with Crippen molar-refractivity contribution in [2.45, 2.75) is 19.8 Å². The van der Waals surface area contributed by atoms with Crippen molar-refractivity contribution in [2.24, 2.45) is 0 Å². The minimum absolute atomic E-state index is 0.0196. The lowest BCUT2D eigenvalue weighted by Gasteiger charge is -2.09. The van der Waals surface area contributed by atoms with Crippen LogP contribution in [0.3, 0.4) is 0 Å². The van der Waals surface area contributed by atoms with Crippen LogP contribution in [-0.2, 0) is 6.42 Å². The Morgan fingerprint density at radius 1 is 1.28 bits per heavy atom. The summed E-state index contributed by atoms with van der Waals surface area (Å²) >= 11 is 0. The first-order valence-corrected chi connectivity index (χ1v) is 6.41. The Balaban J connectivity index is 2.60. The van der Waals surface area contributed by atoms with E-state index in [0.29, 0.717) is 6.54 Å². The van der Waals surface area contributed by atoms with Crippen LogP contribution in [0.25, 0.3) is 0 Å². The zero-order valence-electron chi connectivity index (χ0n) is 11.2. The molecule has 0 bridgehead atoms. The molecular weight excluding hydrogens is 224 g/mol. The first-order valence-electron chi connectivity index (χ1n) is 6.41. The van der Waals surface area contributed by atoms with Gasteiger partial charge in [-0.1, -0.05) is 30.4 Å². The van der Waals surface area contributed by atoms with E-state index in [1.54, 1.807) is 0 Å². The molecule has 0 heterocycles. The summed E-state index contributed by atoms with van der Waals surface area (Å²) in [5.74, 6) is 0.0196. The molecule has 1 rings (SSSR count). The Labute approximate surface area is 109 Å². The van der Waals surface area contributed by atoms with Crippen LogP contribution >= 0.6 is 0 Å². The maximum atomic E-state index is 12.0. The van der Waals surface area contributed by atoms with E-state index in [4.69, 9.17) is 0 Å². The Bertz CT molecular complexity index is 399. The lowest BCUT2D eigenvalue weighted by atomic mass is 10.0. The minimum atomic E-state index is 0.0196. The standard InChI is InChI=1S/C15H22N2O/c1-3-4-7-11-17-15(18)14-9-6-5-8-13(14)10-12-16-2/h3-6,8-9,16H,7,10-12H2,1-2H3,(H,17,18)/b4-3+. The van der Waals surface area contributed by atoms with Crippen molar-refractivity contribution in [3.63, 3.8) is 0 Å². The summed E-state index contributed by atoms with van der Waals surface area (Å²) in [6, 6.07) is 7.78. The van der Waals surface area contributed by atoms with Crippen LogP contribution in [0.4, 0.5) is 0 Å². The second-order valence-electron chi connectivity index (χ2n) is 4.12. The summed E-state index contributed by atoms with van der Waals surface area (Å²) in [6.07, 6.45) is 5.79. The van der Waals surface area contributed by atoms with Gasteiger partial charge in [0, 0.05) is 12.1 Å². The van der Waals surface area contributed by atoms with Gasteiger partial charge < -0.3 is 10.6 Å². The number of hydrogen-bond donors (Lipinski definition) is 2. The Kier molecular flexibility index (Phi) is 6.81. The van der Waals surface area contributed by atoms with E-state index in [1.807, 2.05) is 50.4 Å². The largest absolute Gasteiger partial charge is 0.352 e. The minimum Gasteiger partial charge on any atom is -0.352 e.